The standard InChI is InChI=1S/C17H22O/c1-12-9-13(2)16(14(3)10-12)11-17(18)15-7-5-4-6-8-15/h7,9-10H,4-6,8,11H2,1-3H3. The van der Waals surface area contributed by atoms with E-state index in [4.69, 9.17) is 0 Å². The molecule has 1 nitrogen and oxygen atoms in total. The molecule has 0 fully saturated rings. The van der Waals surface area contributed by atoms with Gasteiger partial charge in [-0.3, -0.25) is 4.79 Å². The topological polar surface area (TPSA) is 17.1 Å². The summed E-state index contributed by atoms with van der Waals surface area (Å²) in [4.78, 5) is 12.3. The highest BCUT2D eigenvalue weighted by molar-refractivity contribution is 5.97. The molecule has 0 saturated heterocycles. The number of rotatable bonds is 3. The summed E-state index contributed by atoms with van der Waals surface area (Å²) in [6.45, 7) is 6.32. The Morgan fingerprint density at radius 3 is 2.33 bits per heavy atom. The number of Topliss-reactive ketones (excluding diaryl/α,β-unsaturated/α-hetero) is 1. The first-order valence-electron chi connectivity index (χ1n) is 6.87. The molecule has 0 aliphatic heterocycles. The Morgan fingerprint density at radius 1 is 1.11 bits per heavy atom. The second kappa shape index (κ2) is 5.51. The van der Waals surface area contributed by atoms with Gasteiger partial charge >= 0.3 is 0 Å². The summed E-state index contributed by atoms with van der Waals surface area (Å²) >= 11 is 0. The maximum absolute atomic E-state index is 12.3. The molecule has 96 valence electrons. The van der Waals surface area contributed by atoms with Crippen LogP contribution in [0.25, 0.3) is 0 Å². The Kier molecular flexibility index (Phi) is 4.00. The Balaban J connectivity index is 2.19. The first-order chi connectivity index (χ1) is 8.58. The molecule has 1 aliphatic rings. The Labute approximate surface area is 110 Å². The first-order valence-corrected chi connectivity index (χ1v) is 6.87. The third-order valence-corrected chi connectivity index (χ3v) is 3.83. The first kappa shape index (κ1) is 13.1. The van der Waals surface area contributed by atoms with Crippen molar-refractivity contribution in [3.05, 3.63) is 46.0 Å². The van der Waals surface area contributed by atoms with E-state index >= 15 is 0 Å². The lowest BCUT2D eigenvalue weighted by Crippen LogP contribution is -2.11. The number of hydrogen-bond acceptors (Lipinski definition) is 1. The molecule has 1 aromatic rings. The Bertz CT molecular complexity index is 471. The predicted molar refractivity (Wildman–Crippen MR) is 75.9 cm³/mol. The number of benzene rings is 1. The highest BCUT2D eigenvalue weighted by Crippen LogP contribution is 2.22. The lowest BCUT2D eigenvalue weighted by atomic mass is 9.90. The lowest BCUT2D eigenvalue weighted by molar-refractivity contribution is -0.115. The molecular formula is C17H22O. The van der Waals surface area contributed by atoms with Crippen LogP contribution in [0.15, 0.2) is 23.8 Å². The Hall–Kier alpha value is -1.37. The molecule has 0 aromatic heterocycles. The molecular weight excluding hydrogens is 220 g/mol. The highest BCUT2D eigenvalue weighted by Gasteiger charge is 2.15. The van der Waals surface area contributed by atoms with Crippen molar-refractivity contribution < 1.29 is 4.79 Å². The fourth-order valence-electron chi connectivity index (χ4n) is 2.85. The molecule has 0 saturated carbocycles. The zero-order valence-electron chi connectivity index (χ0n) is 11.7. The molecule has 0 bridgehead atoms. The van der Waals surface area contributed by atoms with Crippen LogP contribution in [0.3, 0.4) is 0 Å². The zero-order chi connectivity index (χ0) is 13.1. The van der Waals surface area contributed by atoms with E-state index in [1.807, 2.05) is 0 Å². The summed E-state index contributed by atoms with van der Waals surface area (Å²) in [5.41, 5.74) is 6.05. The summed E-state index contributed by atoms with van der Waals surface area (Å²) in [5, 5.41) is 0. The molecule has 0 unspecified atom stereocenters. The normalized spacial score (nSPS) is 15.4. The predicted octanol–water partition coefficient (Wildman–Crippen LogP) is 4.22. The highest BCUT2D eigenvalue weighted by atomic mass is 16.1. The van der Waals surface area contributed by atoms with Gasteiger partial charge in [-0.25, -0.2) is 0 Å². The van der Waals surface area contributed by atoms with Crippen molar-refractivity contribution >= 4 is 5.78 Å². The van der Waals surface area contributed by atoms with Crippen LogP contribution in [0.1, 0.15) is 47.9 Å². The average molecular weight is 242 g/mol. The third kappa shape index (κ3) is 2.90. The van der Waals surface area contributed by atoms with Gasteiger partial charge < -0.3 is 0 Å². The van der Waals surface area contributed by atoms with Crippen LogP contribution in [-0.2, 0) is 11.2 Å². The number of carbonyl (C=O) groups excluding carboxylic acids is 1. The van der Waals surface area contributed by atoms with E-state index in [0.29, 0.717) is 12.2 Å². The van der Waals surface area contributed by atoms with Gasteiger partial charge in [0, 0.05) is 6.42 Å². The maximum Gasteiger partial charge on any atom is 0.162 e. The summed E-state index contributed by atoms with van der Waals surface area (Å²) in [6, 6.07) is 4.34. The van der Waals surface area contributed by atoms with Crippen LogP contribution < -0.4 is 0 Å². The molecule has 0 N–H and O–H groups in total. The van der Waals surface area contributed by atoms with Crippen molar-refractivity contribution in [3.63, 3.8) is 0 Å². The lowest BCUT2D eigenvalue weighted by Gasteiger charge is -2.14. The molecule has 1 heteroatoms. The average Bonchev–Trinajstić information content (AvgIpc) is 2.34. The third-order valence-electron chi connectivity index (χ3n) is 3.83. The molecule has 0 amide bonds. The summed E-state index contributed by atoms with van der Waals surface area (Å²) in [6.07, 6.45) is 7.17. The smallest absolute Gasteiger partial charge is 0.162 e. The van der Waals surface area contributed by atoms with Crippen LogP contribution in [0.2, 0.25) is 0 Å². The van der Waals surface area contributed by atoms with Crippen molar-refractivity contribution in [1.29, 1.82) is 0 Å². The van der Waals surface area contributed by atoms with Gasteiger partial charge in [-0.15, -0.1) is 0 Å². The number of hydrogen-bond donors (Lipinski definition) is 0. The van der Waals surface area contributed by atoms with Gasteiger partial charge in [-0.1, -0.05) is 23.8 Å². The van der Waals surface area contributed by atoms with Gasteiger partial charge in [0.2, 0.25) is 0 Å². The van der Waals surface area contributed by atoms with Crippen LogP contribution in [0, 0.1) is 20.8 Å². The van der Waals surface area contributed by atoms with Crippen molar-refractivity contribution in [2.45, 2.75) is 52.9 Å². The van der Waals surface area contributed by atoms with E-state index in [0.717, 1.165) is 18.4 Å². The van der Waals surface area contributed by atoms with Crippen molar-refractivity contribution in [3.8, 4) is 0 Å². The zero-order valence-corrected chi connectivity index (χ0v) is 11.7. The molecule has 0 heterocycles. The van der Waals surface area contributed by atoms with Gasteiger partial charge in [-0.2, -0.15) is 0 Å². The number of carbonyl (C=O) groups is 1. The molecule has 1 aromatic carbocycles. The minimum Gasteiger partial charge on any atom is -0.294 e. The van der Waals surface area contributed by atoms with Gasteiger partial charge in [0.25, 0.3) is 0 Å². The van der Waals surface area contributed by atoms with E-state index < -0.39 is 0 Å². The van der Waals surface area contributed by atoms with Crippen molar-refractivity contribution in [2.24, 2.45) is 0 Å². The van der Waals surface area contributed by atoms with Crippen LogP contribution in [0.4, 0.5) is 0 Å². The number of aryl methyl sites for hydroxylation is 3. The summed E-state index contributed by atoms with van der Waals surface area (Å²) in [7, 11) is 0. The number of allylic oxidation sites excluding steroid dienone is 2. The van der Waals surface area contributed by atoms with E-state index in [1.54, 1.807) is 0 Å². The van der Waals surface area contributed by atoms with Gasteiger partial charge in [-0.05, 0) is 68.7 Å². The fourth-order valence-corrected chi connectivity index (χ4v) is 2.85. The van der Waals surface area contributed by atoms with E-state index in [2.05, 4.69) is 39.0 Å². The van der Waals surface area contributed by atoms with Gasteiger partial charge in [0.1, 0.15) is 0 Å². The van der Waals surface area contributed by atoms with E-state index in [-0.39, 0.29) is 0 Å². The monoisotopic (exact) mass is 242 g/mol. The van der Waals surface area contributed by atoms with Crippen molar-refractivity contribution in [2.75, 3.05) is 0 Å². The van der Waals surface area contributed by atoms with Crippen molar-refractivity contribution in [1.82, 2.24) is 0 Å². The minimum absolute atomic E-state index is 0.324. The second-order valence-electron chi connectivity index (χ2n) is 5.45. The minimum atomic E-state index is 0.324. The molecule has 0 radical (unpaired) electrons. The molecule has 0 spiro atoms. The van der Waals surface area contributed by atoms with Gasteiger partial charge in [0.05, 0.1) is 0 Å². The molecule has 18 heavy (non-hydrogen) atoms. The number of ketones is 1. The van der Waals surface area contributed by atoms with Crippen LogP contribution >= 0.6 is 0 Å². The Morgan fingerprint density at radius 2 is 1.78 bits per heavy atom. The molecule has 2 rings (SSSR count). The molecule has 1 aliphatic carbocycles. The maximum atomic E-state index is 12.3. The quantitative estimate of drug-likeness (QED) is 0.775. The summed E-state index contributed by atoms with van der Waals surface area (Å²) < 4.78 is 0. The van der Waals surface area contributed by atoms with E-state index in [1.165, 1.54) is 35.1 Å². The van der Waals surface area contributed by atoms with Crippen LogP contribution in [-0.4, -0.2) is 5.78 Å². The summed E-state index contributed by atoms with van der Waals surface area (Å²) in [5.74, 6) is 0.324. The van der Waals surface area contributed by atoms with Gasteiger partial charge in [0.15, 0.2) is 5.78 Å². The SMILES string of the molecule is Cc1cc(C)c(CC(=O)C2=CCCCC2)c(C)c1. The largest absolute Gasteiger partial charge is 0.294 e. The fraction of sp³-hybridized carbons (Fsp3) is 0.471. The van der Waals surface area contributed by atoms with Crippen LogP contribution in [0.5, 0.6) is 0 Å². The molecule has 0 atom stereocenters. The second-order valence-corrected chi connectivity index (χ2v) is 5.45. The van der Waals surface area contributed by atoms with E-state index in [9.17, 15) is 4.79 Å².